The first-order valence-corrected chi connectivity index (χ1v) is 14.8. The van der Waals surface area contributed by atoms with Crippen LogP contribution in [0.15, 0.2) is 152 Å². The standard InChI is InChI=1S/C41H25N3/c42-26-27-13-21-40-36(23-27)37-25-31(17-22-41(37)44(40)33-20-16-28-7-1-2-8-30(28)24-33)29-14-18-32(19-15-29)43-38-11-5-3-9-34(38)35-10-4-6-12-39(35)43/h1-25H. The molecule has 0 aliphatic heterocycles. The van der Waals surface area contributed by atoms with E-state index in [4.69, 9.17) is 0 Å². The van der Waals surface area contributed by atoms with Crippen molar-refractivity contribution in [1.82, 2.24) is 9.13 Å². The van der Waals surface area contributed by atoms with Gasteiger partial charge < -0.3 is 9.13 Å². The molecule has 0 N–H and O–H groups in total. The number of hydrogen-bond acceptors (Lipinski definition) is 1. The van der Waals surface area contributed by atoms with Crippen LogP contribution in [0.4, 0.5) is 0 Å². The molecule has 3 heteroatoms. The van der Waals surface area contributed by atoms with Crippen LogP contribution in [-0.4, -0.2) is 9.13 Å². The van der Waals surface area contributed by atoms with Crippen LogP contribution in [0.1, 0.15) is 5.56 Å². The van der Waals surface area contributed by atoms with E-state index in [2.05, 4.69) is 155 Å². The lowest BCUT2D eigenvalue weighted by molar-refractivity contribution is 1.18. The zero-order chi connectivity index (χ0) is 29.2. The summed E-state index contributed by atoms with van der Waals surface area (Å²) in [6, 6.07) is 56.1. The van der Waals surface area contributed by atoms with E-state index in [9.17, 15) is 5.26 Å². The summed E-state index contributed by atoms with van der Waals surface area (Å²) in [7, 11) is 0. The molecule has 7 aromatic carbocycles. The highest BCUT2D eigenvalue weighted by Crippen LogP contribution is 2.37. The number of nitrogens with zero attached hydrogens (tertiary/aromatic N) is 3. The highest BCUT2D eigenvalue weighted by atomic mass is 15.0. The van der Waals surface area contributed by atoms with Gasteiger partial charge in [-0.15, -0.1) is 0 Å². The third-order valence-electron chi connectivity index (χ3n) is 8.92. The fourth-order valence-electron chi connectivity index (χ4n) is 6.87. The van der Waals surface area contributed by atoms with Crippen LogP contribution in [0.3, 0.4) is 0 Å². The Bertz CT molecular complexity index is 2560. The lowest BCUT2D eigenvalue weighted by Gasteiger charge is -2.11. The summed E-state index contributed by atoms with van der Waals surface area (Å²) in [5.41, 5.74) is 9.83. The lowest BCUT2D eigenvalue weighted by Crippen LogP contribution is -1.94. The molecule has 2 aromatic heterocycles. The quantitative estimate of drug-likeness (QED) is 0.212. The van der Waals surface area contributed by atoms with Gasteiger partial charge in [-0.1, -0.05) is 84.9 Å². The van der Waals surface area contributed by atoms with Crippen molar-refractivity contribution in [2.24, 2.45) is 0 Å². The molecule has 2 heterocycles. The first kappa shape index (κ1) is 24.5. The van der Waals surface area contributed by atoms with Crippen molar-refractivity contribution in [3.8, 4) is 28.6 Å². The molecule has 0 amide bonds. The normalized spacial score (nSPS) is 11.6. The van der Waals surface area contributed by atoms with E-state index in [1.807, 2.05) is 12.1 Å². The number of hydrogen-bond donors (Lipinski definition) is 0. The maximum Gasteiger partial charge on any atom is 0.0991 e. The van der Waals surface area contributed by atoms with Crippen LogP contribution < -0.4 is 0 Å². The van der Waals surface area contributed by atoms with Crippen molar-refractivity contribution < 1.29 is 0 Å². The third kappa shape index (κ3) is 3.62. The zero-order valence-corrected chi connectivity index (χ0v) is 23.8. The maximum absolute atomic E-state index is 9.72. The van der Waals surface area contributed by atoms with Gasteiger partial charge in [-0.2, -0.15) is 5.26 Å². The number of rotatable bonds is 3. The highest BCUT2D eigenvalue weighted by molar-refractivity contribution is 6.11. The van der Waals surface area contributed by atoms with Gasteiger partial charge in [-0.3, -0.25) is 0 Å². The van der Waals surface area contributed by atoms with Crippen LogP contribution in [0.2, 0.25) is 0 Å². The van der Waals surface area contributed by atoms with Crippen molar-refractivity contribution in [3.63, 3.8) is 0 Å². The predicted molar refractivity (Wildman–Crippen MR) is 183 cm³/mol. The SMILES string of the molecule is N#Cc1ccc2c(c1)c1cc(-c3ccc(-n4c5ccccc5c5ccccc54)cc3)ccc1n2-c1ccc2ccccc2c1. The third-order valence-corrected chi connectivity index (χ3v) is 8.92. The lowest BCUT2D eigenvalue weighted by atomic mass is 10.0. The summed E-state index contributed by atoms with van der Waals surface area (Å²) in [6.07, 6.45) is 0. The van der Waals surface area contributed by atoms with Crippen LogP contribution in [-0.2, 0) is 0 Å². The summed E-state index contributed by atoms with van der Waals surface area (Å²) < 4.78 is 4.66. The second-order valence-electron chi connectivity index (χ2n) is 11.4. The molecule has 0 saturated heterocycles. The maximum atomic E-state index is 9.72. The predicted octanol–water partition coefficient (Wildman–Crippen LogP) is 10.6. The Kier molecular flexibility index (Phi) is 5.26. The van der Waals surface area contributed by atoms with Gasteiger partial charge in [-0.05, 0) is 88.6 Å². The van der Waals surface area contributed by atoms with Crippen LogP contribution in [0, 0.1) is 11.3 Å². The Hall–Kier alpha value is -6.11. The van der Waals surface area contributed by atoms with Gasteiger partial charge in [0.2, 0.25) is 0 Å². The monoisotopic (exact) mass is 559 g/mol. The second-order valence-corrected chi connectivity index (χ2v) is 11.4. The molecule has 204 valence electrons. The zero-order valence-electron chi connectivity index (χ0n) is 23.8. The van der Waals surface area contributed by atoms with E-state index >= 15 is 0 Å². The Morgan fingerprint density at radius 3 is 1.66 bits per heavy atom. The van der Waals surface area contributed by atoms with Gasteiger partial charge in [0, 0.05) is 32.9 Å². The Morgan fingerprint density at radius 2 is 0.932 bits per heavy atom. The number of nitriles is 1. The van der Waals surface area contributed by atoms with Crippen LogP contribution in [0.25, 0.3) is 76.9 Å². The van der Waals surface area contributed by atoms with Crippen molar-refractivity contribution in [3.05, 3.63) is 157 Å². The second kappa shape index (κ2) is 9.46. The molecule has 0 fully saturated rings. The molecule has 9 aromatic rings. The van der Waals surface area contributed by atoms with Crippen LogP contribution >= 0.6 is 0 Å². The molecular formula is C41H25N3. The van der Waals surface area contributed by atoms with E-state index in [0.717, 1.165) is 44.3 Å². The van der Waals surface area contributed by atoms with Crippen molar-refractivity contribution in [2.45, 2.75) is 0 Å². The number of aromatic nitrogens is 2. The van der Waals surface area contributed by atoms with Crippen molar-refractivity contribution >= 4 is 54.4 Å². The van der Waals surface area contributed by atoms with Crippen molar-refractivity contribution in [1.29, 1.82) is 5.26 Å². The molecule has 9 rings (SSSR count). The average Bonchev–Trinajstić information content (AvgIpc) is 3.60. The molecule has 0 unspecified atom stereocenters. The molecule has 0 saturated carbocycles. The molecule has 0 aliphatic carbocycles. The first-order valence-electron chi connectivity index (χ1n) is 14.8. The van der Waals surface area contributed by atoms with E-state index < -0.39 is 0 Å². The van der Waals surface area contributed by atoms with Gasteiger partial charge in [0.25, 0.3) is 0 Å². The van der Waals surface area contributed by atoms with Gasteiger partial charge in [-0.25, -0.2) is 0 Å². The number of para-hydroxylation sites is 2. The van der Waals surface area contributed by atoms with E-state index in [-0.39, 0.29) is 0 Å². The summed E-state index contributed by atoms with van der Waals surface area (Å²) in [6.45, 7) is 0. The minimum atomic E-state index is 0.663. The fraction of sp³-hybridized carbons (Fsp3) is 0. The number of benzene rings is 7. The summed E-state index contributed by atoms with van der Waals surface area (Å²) in [5.74, 6) is 0. The highest BCUT2D eigenvalue weighted by Gasteiger charge is 2.15. The van der Waals surface area contributed by atoms with Gasteiger partial charge >= 0.3 is 0 Å². The molecule has 0 atom stereocenters. The van der Waals surface area contributed by atoms with E-state index in [0.29, 0.717) is 5.56 Å². The van der Waals surface area contributed by atoms with E-state index in [1.165, 1.54) is 32.6 Å². The van der Waals surface area contributed by atoms with E-state index in [1.54, 1.807) is 0 Å². The smallest absolute Gasteiger partial charge is 0.0991 e. The molecule has 0 bridgehead atoms. The van der Waals surface area contributed by atoms with Crippen LogP contribution in [0.5, 0.6) is 0 Å². The molecule has 0 aliphatic rings. The largest absolute Gasteiger partial charge is 0.309 e. The molecule has 0 spiro atoms. The Balaban J connectivity index is 1.20. The fourth-order valence-corrected chi connectivity index (χ4v) is 6.87. The van der Waals surface area contributed by atoms with Gasteiger partial charge in [0.15, 0.2) is 0 Å². The number of fused-ring (bicyclic) bond motifs is 7. The molecule has 3 nitrogen and oxygen atoms in total. The van der Waals surface area contributed by atoms with Gasteiger partial charge in [0.1, 0.15) is 0 Å². The van der Waals surface area contributed by atoms with Gasteiger partial charge in [0.05, 0.1) is 33.7 Å². The average molecular weight is 560 g/mol. The topological polar surface area (TPSA) is 33.6 Å². The first-order chi connectivity index (χ1) is 21.8. The molecule has 44 heavy (non-hydrogen) atoms. The molecular weight excluding hydrogens is 534 g/mol. The summed E-state index contributed by atoms with van der Waals surface area (Å²) in [4.78, 5) is 0. The summed E-state index contributed by atoms with van der Waals surface area (Å²) in [5, 5.41) is 16.9. The summed E-state index contributed by atoms with van der Waals surface area (Å²) >= 11 is 0. The molecule has 0 radical (unpaired) electrons. The Labute approximate surface area is 254 Å². The Morgan fingerprint density at radius 1 is 0.386 bits per heavy atom. The van der Waals surface area contributed by atoms with Crippen molar-refractivity contribution in [2.75, 3.05) is 0 Å². The minimum absolute atomic E-state index is 0.663. The minimum Gasteiger partial charge on any atom is -0.309 e.